The fraction of sp³-hybridized carbons (Fsp3) is 0.143. The summed E-state index contributed by atoms with van der Waals surface area (Å²) >= 11 is 0. The zero-order chi connectivity index (χ0) is 19.2. The third-order valence-corrected chi connectivity index (χ3v) is 4.09. The molecule has 2 aromatic carbocycles. The van der Waals surface area contributed by atoms with Crippen molar-refractivity contribution in [1.82, 2.24) is 15.5 Å². The molecule has 0 radical (unpaired) electrons. The van der Waals surface area contributed by atoms with E-state index < -0.39 is 0 Å². The summed E-state index contributed by atoms with van der Waals surface area (Å²) in [6, 6.07) is 20.0. The van der Waals surface area contributed by atoms with Gasteiger partial charge in [-0.05, 0) is 43.7 Å². The van der Waals surface area contributed by atoms with E-state index in [9.17, 15) is 9.59 Å². The summed E-state index contributed by atoms with van der Waals surface area (Å²) in [4.78, 5) is 23.8. The predicted molar refractivity (Wildman–Crippen MR) is 104 cm³/mol. The largest absolute Gasteiger partial charge is 0.344 e. The third-order valence-electron chi connectivity index (χ3n) is 4.09. The van der Waals surface area contributed by atoms with E-state index in [0.29, 0.717) is 11.4 Å². The smallest absolute Gasteiger partial charge is 0.272 e. The second-order valence-electron chi connectivity index (χ2n) is 6.17. The van der Waals surface area contributed by atoms with Gasteiger partial charge < -0.3 is 10.6 Å². The van der Waals surface area contributed by atoms with E-state index in [0.717, 1.165) is 11.3 Å². The lowest BCUT2D eigenvalue weighted by Crippen LogP contribution is -2.27. The van der Waals surface area contributed by atoms with Crippen LogP contribution in [0.15, 0.2) is 66.7 Å². The monoisotopic (exact) mass is 360 g/mol. The van der Waals surface area contributed by atoms with Crippen molar-refractivity contribution in [3.05, 3.63) is 83.6 Å². The Hall–Kier alpha value is -3.54. The van der Waals surface area contributed by atoms with Gasteiger partial charge >= 0.3 is 0 Å². The molecule has 0 aliphatic carbocycles. The summed E-state index contributed by atoms with van der Waals surface area (Å²) in [5.41, 5.74) is 2.59. The molecule has 1 atom stereocenters. The Balaban J connectivity index is 1.65. The number of nitrogens with one attached hydrogen (secondary N) is 2. The number of aromatic nitrogens is 2. The van der Waals surface area contributed by atoms with Crippen LogP contribution in [-0.2, 0) is 0 Å². The highest BCUT2D eigenvalue weighted by Crippen LogP contribution is 2.16. The molecule has 0 saturated heterocycles. The Morgan fingerprint density at radius 3 is 2.37 bits per heavy atom. The van der Waals surface area contributed by atoms with E-state index >= 15 is 0 Å². The summed E-state index contributed by atoms with van der Waals surface area (Å²) in [5.74, 6) is 0.191. The lowest BCUT2D eigenvalue weighted by atomic mass is 10.1. The second kappa shape index (κ2) is 8.23. The van der Waals surface area contributed by atoms with Gasteiger partial charge in [-0.2, -0.15) is 0 Å². The molecule has 27 heavy (non-hydrogen) atoms. The van der Waals surface area contributed by atoms with Crippen LogP contribution < -0.4 is 10.6 Å². The van der Waals surface area contributed by atoms with E-state index in [-0.39, 0.29) is 23.4 Å². The first kappa shape index (κ1) is 18.3. The van der Waals surface area contributed by atoms with Gasteiger partial charge in [-0.1, -0.05) is 42.5 Å². The predicted octanol–water partition coefficient (Wildman–Crippen LogP) is 3.91. The molecule has 1 amide bonds. The van der Waals surface area contributed by atoms with Gasteiger partial charge in [-0.15, -0.1) is 10.2 Å². The standard InChI is InChI=1S/C21H20N4O2/c1-14(16-7-4-3-5-8-16)22-21(27)19-11-12-20(25-24-19)23-18-10-6-9-17(13-18)15(2)26/h3-14H,1-2H3,(H,22,27)(H,23,25). The van der Waals surface area contributed by atoms with E-state index in [1.165, 1.54) is 6.92 Å². The lowest BCUT2D eigenvalue weighted by molar-refractivity contribution is 0.0933. The molecule has 6 nitrogen and oxygen atoms in total. The summed E-state index contributed by atoms with van der Waals surface area (Å²) in [5, 5.41) is 14.0. The van der Waals surface area contributed by atoms with Gasteiger partial charge in [-0.25, -0.2) is 0 Å². The van der Waals surface area contributed by atoms with Crippen LogP contribution >= 0.6 is 0 Å². The van der Waals surface area contributed by atoms with Crippen molar-refractivity contribution in [3.8, 4) is 0 Å². The zero-order valence-electron chi connectivity index (χ0n) is 15.1. The molecule has 1 heterocycles. The molecular formula is C21H20N4O2. The van der Waals surface area contributed by atoms with Crippen molar-refractivity contribution in [1.29, 1.82) is 0 Å². The van der Waals surface area contributed by atoms with Crippen molar-refractivity contribution in [2.45, 2.75) is 19.9 Å². The minimum Gasteiger partial charge on any atom is -0.344 e. The van der Waals surface area contributed by atoms with Crippen molar-refractivity contribution >= 4 is 23.2 Å². The SMILES string of the molecule is CC(=O)c1cccc(Nc2ccc(C(=O)NC(C)c3ccccc3)nn2)c1. The highest BCUT2D eigenvalue weighted by Gasteiger charge is 2.13. The molecular weight excluding hydrogens is 340 g/mol. The molecule has 0 spiro atoms. The number of carbonyl (C=O) groups is 2. The molecule has 0 bridgehead atoms. The molecule has 1 unspecified atom stereocenters. The van der Waals surface area contributed by atoms with Gasteiger partial charge in [0, 0.05) is 11.3 Å². The molecule has 0 aliphatic rings. The molecule has 1 aromatic heterocycles. The summed E-state index contributed by atoms with van der Waals surface area (Å²) in [6.45, 7) is 3.43. The minimum absolute atomic E-state index is 0.00992. The van der Waals surface area contributed by atoms with Crippen LogP contribution in [0.2, 0.25) is 0 Å². The average Bonchev–Trinajstić information content (AvgIpc) is 2.69. The highest BCUT2D eigenvalue weighted by atomic mass is 16.2. The van der Waals surface area contributed by atoms with Gasteiger partial charge in [0.15, 0.2) is 17.3 Å². The van der Waals surface area contributed by atoms with Crippen LogP contribution in [0.3, 0.4) is 0 Å². The summed E-state index contributed by atoms with van der Waals surface area (Å²) in [7, 11) is 0. The first-order chi connectivity index (χ1) is 13.0. The normalized spacial score (nSPS) is 11.5. The van der Waals surface area contributed by atoms with Gasteiger partial charge in [0.05, 0.1) is 6.04 Å². The number of nitrogens with zero attached hydrogens (tertiary/aromatic N) is 2. The number of benzene rings is 2. The Labute approximate surface area is 157 Å². The quantitative estimate of drug-likeness (QED) is 0.651. The van der Waals surface area contributed by atoms with E-state index in [2.05, 4.69) is 20.8 Å². The first-order valence-electron chi connectivity index (χ1n) is 8.60. The minimum atomic E-state index is -0.288. The fourth-order valence-corrected chi connectivity index (χ4v) is 2.58. The zero-order valence-corrected chi connectivity index (χ0v) is 15.1. The van der Waals surface area contributed by atoms with Crippen molar-refractivity contribution in [2.24, 2.45) is 0 Å². The number of Topliss-reactive ketones (excluding diaryl/α,β-unsaturated/α-hetero) is 1. The van der Waals surface area contributed by atoms with E-state index in [1.807, 2.05) is 43.3 Å². The maximum Gasteiger partial charge on any atom is 0.272 e. The maximum atomic E-state index is 12.3. The second-order valence-corrected chi connectivity index (χ2v) is 6.17. The Kier molecular flexibility index (Phi) is 5.56. The number of carbonyl (C=O) groups excluding carboxylic acids is 2. The van der Waals surface area contributed by atoms with Crippen LogP contribution in [-0.4, -0.2) is 21.9 Å². The molecule has 136 valence electrons. The number of hydrogen-bond acceptors (Lipinski definition) is 5. The third kappa shape index (κ3) is 4.76. The van der Waals surface area contributed by atoms with Crippen molar-refractivity contribution in [2.75, 3.05) is 5.32 Å². The summed E-state index contributed by atoms with van der Waals surface area (Å²) in [6.07, 6.45) is 0. The Morgan fingerprint density at radius 1 is 0.926 bits per heavy atom. The lowest BCUT2D eigenvalue weighted by Gasteiger charge is -2.13. The number of anilines is 2. The van der Waals surface area contributed by atoms with Crippen LogP contribution in [0.5, 0.6) is 0 Å². The van der Waals surface area contributed by atoms with Gasteiger partial charge in [0.1, 0.15) is 0 Å². The molecule has 3 aromatic rings. The number of amides is 1. The van der Waals surface area contributed by atoms with Crippen LogP contribution in [0.4, 0.5) is 11.5 Å². The van der Waals surface area contributed by atoms with Gasteiger partial charge in [0.2, 0.25) is 0 Å². The summed E-state index contributed by atoms with van der Waals surface area (Å²) < 4.78 is 0. The molecule has 0 aliphatic heterocycles. The highest BCUT2D eigenvalue weighted by molar-refractivity contribution is 5.95. The van der Waals surface area contributed by atoms with Crippen molar-refractivity contribution < 1.29 is 9.59 Å². The fourth-order valence-electron chi connectivity index (χ4n) is 2.58. The molecule has 0 saturated carbocycles. The molecule has 6 heteroatoms. The van der Waals surface area contributed by atoms with E-state index in [4.69, 9.17) is 0 Å². The first-order valence-corrected chi connectivity index (χ1v) is 8.60. The van der Waals surface area contributed by atoms with Crippen molar-refractivity contribution in [3.63, 3.8) is 0 Å². The van der Waals surface area contributed by atoms with Crippen LogP contribution in [0, 0.1) is 0 Å². The number of ketones is 1. The maximum absolute atomic E-state index is 12.3. The van der Waals surface area contributed by atoms with Gasteiger partial charge in [-0.3, -0.25) is 9.59 Å². The number of hydrogen-bond donors (Lipinski definition) is 2. The Morgan fingerprint density at radius 2 is 1.70 bits per heavy atom. The van der Waals surface area contributed by atoms with Crippen LogP contribution in [0.1, 0.15) is 46.3 Å². The number of rotatable bonds is 6. The Bertz CT molecular complexity index is 940. The van der Waals surface area contributed by atoms with E-state index in [1.54, 1.807) is 30.3 Å². The van der Waals surface area contributed by atoms with Gasteiger partial charge in [0.25, 0.3) is 5.91 Å². The van der Waals surface area contributed by atoms with Crippen LogP contribution in [0.25, 0.3) is 0 Å². The molecule has 3 rings (SSSR count). The average molecular weight is 360 g/mol. The topological polar surface area (TPSA) is 84.0 Å². The molecule has 2 N–H and O–H groups in total. The molecule has 0 fully saturated rings.